The van der Waals surface area contributed by atoms with Crippen LogP contribution in [0.15, 0.2) is 153 Å². The van der Waals surface area contributed by atoms with Crippen molar-refractivity contribution in [2.75, 3.05) is 23.4 Å². The second-order valence-corrected chi connectivity index (χ2v) is 22.0. The zero-order chi connectivity index (χ0) is 57.8. The number of halogens is 8. The lowest BCUT2D eigenvalue weighted by molar-refractivity contribution is -0.173. The maximum atomic E-state index is 14.2. The molecule has 4 aliphatic rings. The van der Waals surface area contributed by atoms with Gasteiger partial charge in [-0.2, -0.15) is 26.3 Å². The number of aromatic hydroxyl groups is 1. The molecule has 6 heterocycles. The molecule has 81 heavy (non-hydrogen) atoms. The Bertz CT molecular complexity index is 3750. The van der Waals surface area contributed by atoms with Crippen molar-refractivity contribution in [2.45, 2.75) is 85.2 Å². The first-order valence-electron chi connectivity index (χ1n) is 24.9. The van der Waals surface area contributed by atoms with Gasteiger partial charge in [0.25, 0.3) is 11.8 Å². The van der Waals surface area contributed by atoms with E-state index in [2.05, 4.69) is 0 Å². The number of amides is 2. The Hall–Kier alpha value is -7.53. The molecule has 0 radical (unpaired) electrons. The number of thioether (sulfide) groups is 2. The van der Waals surface area contributed by atoms with E-state index in [1.165, 1.54) is 46.9 Å². The van der Waals surface area contributed by atoms with E-state index in [9.17, 15) is 55.4 Å². The van der Waals surface area contributed by atoms with Gasteiger partial charge in [0.15, 0.2) is 22.9 Å². The van der Waals surface area contributed by atoms with E-state index in [4.69, 9.17) is 32.7 Å². The van der Waals surface area contributed by atoms with Crippen molar-refractivity contribution >= 4 is 64.5 Å². The van der Waals surface area contributed by atoms with Crippen LogP contribution in [0.4, 0.5) is 26.3 Å². The number of fused-ring (bicyclic) bond motifs is 6. The van der Waals surface area contributed by atoms with Gasteiger partial charge >= 0.3 is 18.3 Å². The summed E-state index contributed by atoms with van der Waals surface area (Å²) in [7, 11) is 0. The third-order valence-electron chi connectivity index (χ3n) is 14.3. The maximum Gasteiger partial charge on any atom is 0.408 e. The summed E-state index contributed by atoms with van der Waals surface area (Å²) in [6, 6.07) is 28.8. The van der Waals surface area contributed by atoms with Crippen LogP contribution in [0, 0.1) is 0 Å². The normalized spacial score (nSPS) is 17.4. The maximum absolute atomic E-state index is 14.2. The van der Waals surface area contributed by atoms with Crippen LogP contribution in [0.3, 0.4) is 0 Å². The van der Waals surface area contributed by atoms with Crippen molar-refractivity contribution in [3.63, 3.8) is 0 Å². The van der Waals surface area contributed by atoms with Gasteiger partial charge in [-0.25, -0.2) is 0 Å². The van der Waals surface area contributed by atoms with Gasteiger partial charge in [0.05, 0.1) is 12.1 Å². The predicted octanol–water partition coefficient (Wildman–Crippen LogP) is 11.6. The molecule has 4 aliphatic heterocycles. The number of rotatable bonds is 8. The van der Waals surface area contributed by atoms with Crippen LogP contribution in [-0.2, 0) is 22.9 Å². The van der Waals surface area contributed by atoms with E-state index in [0.717, 1.165) is 63.1 Å². The van der Waals surface area contributed by atoms with Crippen molar-refractivity contribution in [1.29, 1.82) is 0 Å². The molecule has 7 aromatic rings. The van der Waals surface area contributed by atoms with Gasteiger partial charge < -0.3 is 24.4 Å². The summed E-state index contributed by atoms with van der Waals surface area (Å²) >= 11 is 16.3. The Labute approximate surface area is 476 Å². The molecular formula is C57H46Cl2F6N6O8S2. The number of hydrogen-bond donors (Lipinski definition) is 1. The Balaban J connectivity index is 0.000000189. The number of aromatic nitrogens is 2. The zero-order valence-corrected chi connectivity index (χ0v) is 46.0. The molecule has 0 spiro atoms. The molecule has 1 N–H and O–H groups in total. The lowest BCUT2D eigenvalue weighted by Crippen LogP contribution is -2.60. The second-order valence-electron chi connectivity index (χ2n) is 19.2. The molecule has 0 saturated heterocycles. The van der Waals surface area contributed by atoms with Crippen molar-refractivity contribution in [1.82, 2.24) is 19.2 Å². The van der Waals surface area contributed by atoms with E-state index >= 15 is 0 Å². The first-order valence-corrected chi connectivity index (χ1v) is 27.6. The molecule has 14 nitrogen and oxygen atoms in total. The second kappa shape index (κ2) is 22.4. The third kappa shape index (κ3) is 10.9. The summed E-state index contributed by atoms with van der Waals surface area (Å²) in [5.74, 6) is -2.48. The number of pyridine rings is 2. The predicted molar refractivity (Wildman–Crippen MR) is 293 cm³/mol. The average molecular weight is 1190 g/mol. The van der Waals surface area contributed by atoms with Crippen molar-refractivity contribution in [3.05, 3.63) is 215 Å². The number of ether oxygens (including phenoxy) is 2. The van der Waals surface area contributed by atoms with E-state index in [1.807, 2.05) is 60.7 Å². The lowest BCUT2D eigenvalue weighted by atomic mass is 9.94. The van der Waals surface area contributed by atoms with Crippen LogP contribution < -0.4 is 30.3 Å². The first-order chi connectivity index (χ1) is 38.5. The van der Waals surface area contributed by atoms with E-state index in [1.54, 1.807) is 69.9 Å². The molecule has 11 rings (SSSR count). The number of esters is 1. The SMILES string of the molecule is CC(=O)Oc1ccc(COc2c3n(ccc2=O)N([C@@H]2c4ccccc4SCc4c(Cl)cccc42)CN([C@H](C)C(F)(F)F)C3=O)cc1.C[C@@H](N1CN([C@@H]2c3ccccc3SCc3c(Cl)cccc32)n2ccc(=O)c(O)c2C1=O)C(F)(F)F. The Morgan fingerprint density at radius 1 is 0.617 bits per heavy atom. The minimum absolute atomic E-state index is 0.184. The Morgan fingerprint density at radius 3 is 1.54 bits per heavy atom. The highest BCUT2D eigenvalue weighted by Crippen LogP contribution is 2.47. The van der Waals surface area contributed by atoms with Gasteiger partial charge in [-0.05, 0) is 89.2 Å². The fraction of sp³-hybridized carbons (Fsp3) is 0.246. The van der Waals surface area contributed by atoms with Crippen molar-refractivity contribution in [3.8, 4) is 17.2 Å². The fourth-order valence-corrected chi connectivity index (χ4v) is 13.0. The van der Waals surface area contributed by atoms with Gasteiger partial charge in [0.2, 0.25) is 10.9 Å². The van der Waals surface area contributed by atoms with E-state index in [-0.39, 0.29) is 18.1 Å². The molecule has 2 amide bonds. The standard InChI is InChI=1S/C33H27ClF3N3O5S.C24H19ClF3N3O3S/c1-19(33(35,36)37)38-18-40(29-23-7-5-8-26(34)25(23)17-46-28-9-4-3-6-24(28)29)39-15-14-27(42)31(30(39)32(38)43)44-16-21-10-12-22(13-11-21)45-20(2)41;1-13(24(26,27)28)29-12-31(30-10-9-18(32)22(33)21(30)23(29)34)20-14-6-4-7-17(25)16(14)11-35-19-8-3-2-5-15(19)20/h3-15,19,29H,16-18H2,1-2H3;2-10,13,20,33H,11-12H2,1H3/t19-,29+;13-,20+/m11/s1. The molecule has 0 saturated carbocycles. The summed E-state index contributed by atoms with van der Waals surface area (Å²) in [5.41, 5.74) is 2.97. The number of alkyl halides is 6. The molecule has 2 aromatic heterocycles. The highest BCUT2D eigenvalue weighted by atomic mass is 35.5. The molecule has 4 atom stereocenters. The Morgan fingerprint density at radius 2 is 1.06 bits per heavy atom. The quantitative estimate of drug-likeness (QED) is 0.0877. The van der Waals surface area contributed by atoms with Crippen LogP contribution in [0.1, 0.15) is 92.8 Å². The molecule has 5 aromatic carbocycles. The van der Waals surface area contributed by atoms with Gasteiger partial charge in [0, 0.05) is 62.8 Å². The van der Waals surface area contributed by atoms with E-state index in [0.29, 0.717) is 42.7 Å². The highest BCUT2D eigenvalue weighted by Gasteiger charge is 2.50. The minimum atomic E-state index is -4.75. The number of hydrogen-bond acceptors (Lipinski definition) is 12. The Kier molecular flexibility index (Phi) is 15.7. The monoisotopic (exact) mass is 1190 g/mol. The molecule has 24 heteroatoms. The largest absolute Gasteiger partial charge is 0.502 e. The number of carbonyl (C=O) groups is 3. The molecule has 0 aliphatic carbocycles. The lowest BCUT2D eigenvalue weighted by Gasteiger charge is -2.46. The van der Waals surface area contributed by atoms with Gasteiger partial charge in [-0.15, -0.1) is 23.5 Å². The fourth-order valence-electron chi connectivity index (χ4n) is 10.1. The van der Waals surface area contributed by atoms with Crippen LogP contribution in [0.25, 0.3) is 0 Å². The van der Waals surface area contributed by atoms with E-state index < -0.39 is 89.9 Å². The van der Waals surface area contributed by atoms with Crippen molar-refractivity contribution < 1.29 is 55.3 Å². The van der Waals surface area contributed by atoms with Crippen molar-refractivity contribution in [2.24, 2.45) is 0 Å². The third-order valence-corrected chi connectivity index (χ3v) is 17.2. The minimum Gasteiger partial charge on any atom is -0.502 e. The average Bonchev–Trinajstić information content (AvgIpc) is 3.23. The van der Waals surface area contributed by atoms with Gasteiger partial charge in [-0.1, -0.05) is 96.0 Å². The number of carbonyl (C=O) groups excluding carboxylic acids is 3. The molecular weight excluding hydrogens is 1150 g/mol. The summed E-state index contributed by atoms with van der Waals surface area (Å²) in [4.78, 5) is 67.0. The smallest absolute Gasteiger partial charge is 0.408 e. The van der Waals surface area contributed by atoms with Gasteiger partial charge in [-0.3, -0.25) is 43.3 Å². The van der Waals surface area contributed by atoms with Crippen LogP contribution >= 0.6 is 46.7 Å². The van der Waals surface area contributed by atoms with Crippen LogP contribution in [0.5, 0.6) is 17.2 Å². The summed E-state index contributed by atoms with van der Waals surface area (Å²) < 4.78 is 97.7. The number of benzene rings is 5. The van der Waals surface area contributed by atoms with Gasteiger partial charge in [0.1, 0.15) is 37.8 Å². The molecule has 0 fully saturated rings. The van der Waals surface area contributed by atoms with Crippen LogP contribution in [-0.4, -0.2) is 79.8 Å². The summed E-state index contributed by atoms with van der Waals surface area (Å²) in [6.07, 6.45) is -6.78. The number of nitrogens with zero attached hydrogens (tertiary/aromatic N) is 6. The highest BCUT2D eigenvalue weighted by molar-refractivity contribution is 7.98. The summed E-state index contributed by atoms with van der Waals surface area (Å²) in [6.45, 7) is 2.00. The van der Waals surface area contributed by atoms with Crippen LogP contribution in [0.2, 0.25) is 10.0 Å². The first kappa shape index (κ1) is 56.7. The molecule has 0 unspecified atom stereocenters. The zero-order valence-electron chi connectivity index (χ0n) is 42.9. The molecule has 0 bridgehead atoms. The molecule has 420 valence electrons. The summed E-state index contributed by atoms with van der Waals surface area (Å²) in [5, 5.41) is 14.7. The topological polar surface area (TPSA) is 147 Å².